The molecule has 3 aromatic rings. The van der Waals surface area contributed by atoms with Crippen LogP contribution in [0.2, 0.25) is 0 Å². The minimum Gasteiger partial charge on any atom is -0.493 e. The second-order valence-corrected chi connectivity index (χ2v) is 7.67. The van der Waals surface area contributed by atoms with E-state index < -0.39 is 0 Å². The van der Waals surface area contributed by atoms with Crippen molar-refractivity contribution in [3.8, 4) is 5.75 Å². The minimum atomic E-state index is 0.674. The molecule has 2 nitrogen and oxygen atoms in total. The maximum atomic E-state index is 6.42. The second kappa shape index (κ2) is 8.58. The standard InChI is InChI=1S/C25H29NO/c1-26-18-7-11-23(26)17-19-27-25-22(14-13-20-8-3-2-4-9-20)16-15-21-10-5-6-12-24(21)25/h2-6,8-10,12,15-16,23H,7,11,13-14,17-19H2,1H3. The molecular weight excluding hydrogens is 330 g/mol. The summed E-state index contributed by atoms with van der Waals surface area (Å²) in [6.45, 7) is 2.02. The Bertz CT molecular complexity index is 874. The van der Waals surface area contributed by atoms with Crippen LogP contribution in [0, 0.1) is 0 Å². The molecule has 27 heavy (non-hydrogen) atoms. The summed E-state index contributed by atoms with van der Waals surface area (Å²) in [4.78, 5) is 2.47. The van der Waals surface area contributed by atoms with Crippen LogP contribution in [0.3, 0.4) is 0 Å². The molecule has 0 radical (unpaired) electrons. The van der Waals surface area contributed by atoms with Gasteiger partial charge in [-0.2, -0.15) is 0 Å². The molecule has 0 spiro atoms. The van der Waals surface area contributed by atoms with E-state index in [0.717, 1.165) is 31.6 Å². The van der Waals surface area contributed by atoms with Crippen LogP contribution in [-0.2, 0) is 12.8 Å². The first-order chi connectivity index (χ1) is 13.3. The first-order valence-electron chi connectivity index (χ1n) is 10.2. The molecule has 4 rings (SSSR count). The van der Waals surface area contributed by atoms with Gasteiger partial charge in [-0.15, -0.1) is 0 Å². The van der Waals surface area contributed by atoms with Crippen LogP contribution < -0.4 is 4.74 Å². The average molecular weight is 360 g/mol. The molecule has 1 aliphatic rings. The van der Waals surface area contributed by atoms with E-state index >= 15 is 0 Å². The lowest BCUT2D eigenvalue weighted by Crippen LogP contribution is -2.26. The molecule has 1 saturated heterocycles. The third-order valence-corrected chi connectivity index (χ3v) is 5.86. The van der Waals surface area contributed by atoms with Gasteiger partial charge in [-0.3, -0.25) is 0 Å². The van der Waals surface area contributed by atoms with Crippen LogP contribution in [0.25, 0.3) is 10.8 Å². The Kier molecular flexibility index (Phi) is 5.74. The van der Waals surface area contributed by atoms with Gasteiger partial charge in [-0.1, -0.05) is 66.7 Å². The highest BCUT2D eigenvalue weighted by Gasteiger charge is 2.20. The fourth-order valence-corrected chi connectivity index (χ4v) is 4.22. The van der Waals surface area contributed by atoms with Crippen LogP contribution in [0.5, 0.6) is 5.75 Å². The zero-order valence-corrected chi connectivity index (χ0v) is 16.2. The molecule has 1 atom stereocenters. The number of hydrogen-bond acceptors (Lipinski definition) is 2. The molecule has 2 heteroatoms. The van der Waals surface area contributed by atoms with E-state index in [1.165, 1.54) is 41.3 Å². The van der Waals surface area contributed by atoms with Crippen molar-refractivity contribution in [2.75, 3.05) is 20.2 Å². The lowest BCUT2D eigenvalue weighted by molar-refractivity contribution is 0.233. The van der Waals surface area contributed by atoms with Gasteiger partial charge < -0.3 is 9.64 Å². The Balaban J connectivity index is 1.52. The number of aryl methyl sites for hydroxylation is 2. The van der Waals surface area contributed by atoms with Crippen molar-refractivity contribution >= 4 is 10.8 Å². The van der Waals surface area contributed by atoms with Gasteiger partial charge in [-0.05, 0) is 62.2 Å². The highest BCUT2D eigenvalue weighted by atomic mass is 16.5. The Morgan fingerprint density at radius 3 is 2.56 bits per heavy atom. The van der Waals surface area contributed by atoms with Crippen molar-refractivity contribution in [3.63, 3.8) is 0 Å². The Morgan fingerprint density at radius 1 is 0.926 bits per heavy atom. The molecular formula is C25H29NO. The van der Waals surface area contributed by atoms with Gasteiger partial charge in [0.1, 0.15) is 5.75 Å². The summed E-state index contributed by atoms with van der Waals surface area (Å²) >= 11 is 0. The van der Waals surface area contributed by atoms with Crippen molar-refractivity contribution in [3.05, 3.63) is 77.9 Å². The zero-order valence-electron chi connectivity index (χ0n) is 16.2. The first-order valence-corrected chi connectivity index (χ1v) is 10.2. The van der Waals surface area contributed by atoms with Crippen LogP contribution >= 0.6 is 0 Å². The van der Waals surface area contributed by atoms with Crippen molar-refractivity contribution in [1.82, 2.24) is 4.90 Å². The van der Waals surface area contributed by atoms with E-state index in [4.69, 9.17) is 4.74 Å². The molecule has 140 valence electrons. The average Bonchev–Trinajstić information content (AvgIpc) is 3.12. The van der Waals surface area contributed by atoms with E-state index in [-0.39, 0.29) is 0 Å². The van der Waals surface area contributed by atoms with Crippen molar-refractivity contribution < 1.29 is 4.74 Å². The largest absolute Gasteiger partial charge is 0.493 e. The summed E-state index contributed by atoms with van der Waals surface area (Å²) in [5.74, 6) is 1.09. The van der Waals surface area contributed by atoms with Gasteiger partial charge >= 0.3 is 0 Å². The molecule has 0 bridgehead atoms. The summed E-state index contributed by atoms with van der Waals surface area (Å²) in [6.07, 6.45) is 5.78. The van der Waals surface area contributed by atoms with E-state index in [0.29, 0.717) is 6.04 Å². The fraction of sp³-hybridized carbons (Fsp3) is 0.360. The van der Waals surface area contributed by atoms with Gasteiger partial charge in [0, 0.05) is 11.4 Å². The fourth-order valence-electron chi connectivity index (χ4n) is 4.22. The molecule has 1 heterocycles. The summed E-state index contributed by atoms with van der Waals surface area (Å²) < 4.78 is 6.42. The number of nitrogens with zero attached hydrogens (tertiary/aromatic N) is 1. The van der Waals surface area contributed by atoms with Crippen molar-refractivity contribution in [1.29, 1.82) is 0 Å². The molecule has 1 aliphatic heterocycles. The van der Waals surface area contributed by atoms with Crippen molar-refractivity contribution in [2.24, 2.45) is 0 Å². The van der Waals surface area contributed by atoms with Gasteiger partial charge in [0.15, 0.2) is 0 Å². The van der Waals surface area contributed by atoms with Gasteiger partial charge in [0.25, 0.3) is 0 Å². The van der Waals surface area contributed by atoms with Crippen LogP contribution in [0.15, 0.2) is 66.7 Å². The summed E-state index contributed by atoms with van der Waals surface area (Å²) in [5.41, 5.74) is 2.70. The number of fused-ring (bicyclic) bond motifs is 1. The minimum absolute atomic E-state index is 0.674. The highest BCUT2D eigenvalue weighted by molar-refractivity contribution is 5.89. The smallest absolute Gasteiger partial charge is 0.130 e. The van der Waals surface area contributed by atoms with Crippen molar-refractivity contribution in [2.45, 2.75) is 38.1 Å². The SMILES string of the molecule is CN1CCCC1CCOc1c(CCc2ccccc2)ccc2ccccc12. The summed E-state index contributed by atoms with van der Waals surface area (Å²) in [5, 5.41) is 2.50. The van der Waals surface area contributed by atoms with E-state index in [9.17, 15) is 0 Å². The Labute approximate surface area is 162 Å². The zero-order chi connectivity index (χ0) is 18.5. The summed E-state index contributed by atoms with van der Waals surface area (Å²) in [7, 11) is 2.24. The first kappa shape index (κ1) is 18.1. The number of benzene rings is 3. The summed E-state index contributed by atoms with van der Waals surface area (Å²) in [6, 6.07) is 24.5. The van der Waals surface area contributed by atoms with Gasteiger partial charge in [0.05, 0.1) is 6.61 Å². The molecule has 1 unspecified atom stereocenters. The topological polar surface area (TPSA) is 12.5 Å². The predicted octanol–water partition coefficient (Wildman–Crippen LogP) is 5.49. The predicted molar refractivity (Wildman–Crippen MR) is 114 cm³/mol. The maximum absolute atomic E-state index is 6.42. The Hall–Kier alpha value is -2.32. The molecule has 0 aliphatic carbocycles. The number of rotatable bonds is 7. The Morgan fingerprint density at radius 2 is 1.74 bits per heavy atom. The number of hydrogen-bond donors (Lipinski definition) is 0. The third-order valence-electron chi connectivity index (χ3n) is 5.86. The van der Waals surface area contributed by atoms with E-state index in [1.807, 2.05) is 0 Å². The second-order valence-electron chi connectivity index (χ2n) is 7.67. The number of likely N-dealkylation sites (tertiary alicyclic amines) is 1. The maximum Gasteiger partial charge on any atom is 0.130 e. The van der Waals surface area contributed by atoms with Crippen LogP contribution in [-0.4, -0.2) is 31.1 Å². The van der Waals surface area contributed by atoms with E-state index in [1.54, 1.807) is 0 Å². The lowest BCUT2D eigenvalue weighted by Gasteiger charge is -2.20. The van der Waals surface area contributed by atoms with Gasteiger partial charge in [-0.25, -0.2) is 0 Å². The quantitative estimate of drug-likeness (QED) is 0.553. The molecule has 0 N–H and O–H groups in total. The van der Waals surface area contributed by atoms with Crippen LogP contribution in [0.4, 0.5) is 0 Å². The molecule has 0 amide bonds. The third kappa shape index (κ3) is 4.33. The lowest BCUT2D eigenvalue weighted by atomic mass is 9.99. The molecule has 0 aromatic heterocycles. The molecule has 1 fully saturated rings. The number of ether oxygens (including phenoxy) is 1. The monoisotopic (exact) mass is 359 g/mol. The highest BCUT2D eigenvalue weighted by Crippen LogP contribution is 2.31. The molecule has 3 aromatic carbocycles. The van der Waals surface area contributed by atoms with Crippen LogP contribution in [0.1, 0.15) is 30.4 Å². The van der Waals surface area contributed by atoms with Gasteiger partial charge in [0.2, 0.25) is 0 Å². The molecule has 0 saturated carbocycles. The van der Waals surface area contributed by atoms with E-state index in [2.05, 4.69) is 78.7 Å². The normalized spacial score (nSPS) is 17.4.